The zero-order chi connectivity index (χ0) is 31.8. The molecule has 44 heavy (non-hydrogen) atoms. The van der Waals surface area contributed by atoms with Crippen molar-refractivity contribution in [2.75, 3.05) is 13.1 Å². The Bertz CT molecular complexity index is 1890. The van der Waals surface area contributed by atoms with Gasteiger partial charge in [-0.2, -0.15) is 5.10 Å². The van der Waals surface area contributed by atoms with E-state index in [-0.39, 0.29) is 33.4 Å². The first-order valence-electron chi connectivity index (χ1n) is 13.8. The number of rotatable bonds is 8. The second-order valence-electron chi connectivity index (χ2n) is 10.7. The van der Waals surface area contributed by atoms with E-state index in [1.165, 1.54) is 47.4 Å². The number of alkyl halides is 2. The van der Waals surface area contributed by atoms with E-state index in [1.54, 1.807) is 38.1 Å². The lowest BCUT2D eigenvalue weighted by molar-refractivity contribution is -0.113. The third-order valence-corrected chi connectivity index (χ3v) is 7.82. The molecule has 0 radical (unpaired) electrons. The van der Waals surface area contributed by atoms with Crippen LogP contribution in [0.25, 0.3) is 17.1 Å². The number of benzene rings is 2. The lowest BCUT2D eigenvalue weighted by Gasteiger charge is -2.38. The molecule has 3 heterocycles. The van der Waals surface area contributed by atoms with Gasteiger partial charge in [0.15, 0.2) is 0 Å². The second kappa shape index (κ2) is 12.2. The van der Waals surface area contributed by atoms with E-state index < -0.39 is 41.9 Å². The van der Waals surface area contributed by atoms with Crippen LogP contribution >= 0.6 is 11.6 Å². The minimum Gasteiger partial charge on any atom is -0.326 e. The van der Waals surface area contributed by atoms with E-state index in [1.807, 2.05) is 6.92 Å². The van der Waals surface area contributed by atoms with Crippen molar-refractivity contribution in [1.29, 1.82) is 0 Å². The van der Waals surface area contributed by atoms with E-state index in [0.29, 0.717) is 23.2 Å². The van der Waals surface area contributed by atoms with Gasteiger partial charge in [-0.25, -0.2) is 17.6 Å². The number of hydrogen-bond acceptors (Lipinski definition) is 4. The summed E-state index contributed by atoms with van der Waals surface area (Å²) in [7, 11) is 0. The van der Waals surface area contributed by atoms with E-state index in [2.05, 4.69) is 15.2 Å². The van der Waals surface area contributed by atoms with E-state index in [0.717, 1.165) is 10.5 Å². The predicted octanol–water partition coefficient (Wildman–Crippen LogP) is 6.90. The summed E-state index contributed by atoms with van der Waals surface area (Å²) >= 11 is 6.54. The van der Waals surface area contributed by atoms with Crippen LogP contribution in [-0.2, 0) is 6.42 Å². The number of nitrogens with zero attached hydrogens (tertiary/aromatic N) is 4. The fraction of sp³-hybridized carbons (Fsp3) is 0.250. The fourth-order valence-corrected chi connectivity index (χ4v) is 5.48. The average Bonchev–Trinajstić information content (AvgIpc) is 3.44. The highest BCUT2D eigenvalue weighted by Crippen LogP contribution is 2.32. The molecule has 0 aliphatic carbocycles. The number of halogens is 5. The number of H-pyrrole nitrogens is 1. The minimum atomic E-state index is -3.03. The maximum atomic E-state index is 16.1. The summed E-state index contributed by atoms with van der Waals surface area (Å²) in [5.41, 5.74) is 1.40. The Morgan fingerprint density at radius 2 is 1.91 bits per heavy atom. The Balaban J connectivity index is 1.51. The van der Waals surface area contributed by atoms with Crippen LogP contribution in [0.15, 0.2) is 70.7 Å². The molecule has 228 valence electrons. The van der Waals surface area contributed by atoms with Crippen LogP contribution in [0, 0.1) is 18.6 Å². The van der Waals surface area contributed by atoms with Crippen LogP contribution in [0.1, 0.15) is 52.5 Å². The SMILES string of the molecule is C/C=C/N=C(/C=C/n1c(C)cc(C(C)Cc2ccc(F)cc2)c(Cl)c1=O)c1cc2[nH]ncc2c(C(=O)N2CC(F)(F)C2)c1F. The average molecular weight is 626 g/mol. The number of carbonyl (C=O) groups is 1. The Morgan fingerprint density at radius 3 is 2.57 bits per heavy atom. The molecule has 0 spiro atoms. The highest BCUT2D eigenvalue weighted by Gasteiger charge is 2.47. The lowest BCUT2D eigenvalue weighted by Crippen LogP contribution is -2.58. The summed E-state index contributed by atoms with van der Waals surface area (Å²) in [4.78, 5) is 31.7. The summed E-state index contributed by atoms with van der Waals surface area (Å²) < 4.78 is 57.7. The molecule has 2 aromatic heterocycles. The normalized spacial score (nSPS) is 15.8. The molecule has 1 atom stereocenters. The Hall–Kier alpha value is -4.51. The van der Waals surface area contributed by atoms with Crippen LogP contribution < -0.4 is 5.56 Å². The molecule has 1 aliphatic rings. The second-order valence-corrected chi connectivity index (χ2v) is 11.1. The topological polar surface area (TPSA) is 83.3 Å². The molecule has 2 aromatic carbocycles. The van der Waals surface area contributed by atoms with Crippen molar-refractivity contribution < 1.29 is 22.4 Å². The van der Waals surface area contributed by atoms with Gasteiger partial charge in [0.2, 0.25) is 0 Å². The van der Waals surface area contributed by atoms with Crippen LogP contribution in [0.4, 0.5) is 17.6 Å². The van der Waals surface area contributed by atoms with Gasteiger partial charge in [-0.05, 0) is 67.7 Å². The first kappa shape index (κ1) is 30.9. The summed E-state index contributed by atoms with van der Waals surface area (Å²) in [6.45, 7) is 3.72. The minimum absolute atomic E-state index is 0.00565. The van der Waals surface area contributed by atoms with Gasteiger partial charge >= 0.3 is 0 Å². The monoisotopic (exact) mass is 625 g/mol. The number of fused-ring (bicyclic) bond motifs is 1. The number of aryl methyl sites for hydroxylation is 1. The third kappa shape index (κ3) is 6.10. The number of amides is 1. The summed E-state index contributed by atoms with van der Waals surface area (Å²) in [6, 6.07) is 9.30. The van der Waals surface area contributed by atoms with Crippen LogP contribution in [0.2, 0.25) is 5.02 Å². The molecule has 1 fully saturated rings. The summed E-state index contributed by atoms with van der Waals surface area (Å²) in [6.07, 6.45) is 7.62. The largest absolute Gasteiger partial charge is 0.326 e. The van der Waals surface area contributed by atoms with Gasteiger partial charge in [0.25, 0.3) is 17.4 Å². The standard InChI is InChI=1S/C32H28ClF4N5O2/c1-4-10-38-25(23-14-26-24(15-39-40-26)27(29(23)35)30(43)41-16-32(36,37)17-41)9-11-42-19(3)13-22(28(33)31(42)44)18(2)12-20-5-7-21(34)8-6-20/h4-11,13-15,18H,12,16-17H2,1-3H3,(H,39,40)/b10-4+,11-9+,38-25-. The van der Waals surface area contributed by atoms with Gasteiger partial charge in [0.05, 0.1) is 36.1 Å². The zero-order valence-corrected chi connectivity index (χ0v) is 24.8. The Labute approximate surface area is 255 Å². The molecule has 1 aliphatic heterocycles. The van der Waals surface area contributed by atoms with Crippen molar-refractivity contribution in [1.82, 2.24) is 19.7 Å². The van der Waals surface area contributed by atoms with Crippen molar-refractivity contribution in [2.45, 2.75) is 39.0 Å². The van der Waals surface area contributed by atoms with E-state index in [4.69, 9.17) is 11.6 Å². The molecule has 0 bridgehead atoms. The number of aliphatic imine (C=N–C) groups is 1. The molecule has 1 saturated heterocycles. The Morgan fingerprint density at radius 1 is 1.20 bits per heavy atom. The molecule has 7 nitrogen and oxygen atoms in total. The number of aromatic nitrogens is 3. The maximum Gasteiger partial charge on any atom is 0.282 e. The van der Waals surface area contributed by atoms with Crippen molar-refractivity contribution in [3.8, 4) is 0 Å². The molecule has 5 rings (SSSR count). The first-order chi connectivity index (χ1) is 20.9. The number of allylic oxidation sites excluding steroid dienone is 2. The van der Waals surface area contributed by atoms with Gasteiger partial charge in [-0.1, -0.05) is 36.7 Å². The van der Waals surface area contributed by atoms with Crippen LogP contribution in [0.5, 0.6) is 0 Å². The highest BCUT2D eigenvalue weighted by atomic mass is 35.5. The number of carbonyl (C=O) groups excluding carboxylic acids is 1. The number of likely N-dealkylation sites (tertiary alicyclic amines) is 1. The van der Waals surface area contributed by atoms with E-state index >= 15 is 4.39 Å². The van der Waals surface area contributed by atoms with Crippen molar-refractivity contribution in [2.24, 2.45) is 4.99 Å². The van der Waals surface area contributed by atoms with E-state index in [9.17, 15) is 22.8 Å². The molecule has 1 amide bonds. The van der Waals surface area contributed by atoms with Crippen LogP contribution in [0.3, 0.4) is 0 Å². The van der Waals surface area contributed by atoms with Crippen LogP contribution in [-0.4, -0.2) is 50.3 Å². The quantitative estimate of drug-likeness (QED) is 0.171. The molecule has 0 saturated carbocycles. The number of hydrogen-bond donors (Lipinski definition) is 1. The number of aromatic amines is 1. The molecule has 4 aromatic rings. The molecule has 12 heteroatoms. The molecular formula is C32H28ClF4N5O2. The van der Waals surface area contributed by atoms with Crippen molar-refractivity contribution >= 4 is 40.3 Å². The smallest absolute Gasteiger partial charge is 0.282 e. The van der Waals surface area contributed by atoms with Gasteiger partial charge in [0.1, 0.15) is 16.7 Å². The molecule has 1 unspecified atom stereocenters. The third-order valence-electron chi connectivity index (χ3n) is 7.44. The Kier molecular flexibility index (Phi) is 8.60. The molecule has 1 N–H and O–H groups in total. The summed E-state index contributed by atoms with van der Waals surface area (Å²) in [5.74, 6) is -5.36. The van der Waals surface area contributed by atoms with Crippen molar-refractivity contribution in [3.05, 3.63) is 116 Å². The summed E-state index contributed by atoms with van der Waals surface area (Å²) in [5, 5.41) is 6.75. The molecular weight excluding hydrogens is 598 g/mol. The predicted molar refractivity (Wildman–Crippen MR) is 163 cm³/mol. The van der Waals surface area contributed by atoms with Gasteiger partial charge in [-0.3, -0.25) is 24.2 Å². The first-order valence-corrected chi connectivity index (χ1v) is 14.1. The highest BCUT2D eigenvalue weighted by molar-refractivity contribution is 6.31. The zero-order valence-electron chi connectivity index (χ0n) is 24.0. The van der Waals surface area contributed by atoms with Gasteiger partial charge < -0.3 is 4.90 Å². The maximum absolute atomic E-state index is 16.1. The van der Waals surface area contributed by atoms with Gasteiger partial charge in [0, 0.05) is 29.0 Å². The fourth-order valence-electron chi connectivity index (χ4n) is 5.15. The van der Waals surface area contributed by atoms with Gasteiger partial charge in [-0.15, -0.1) is 0 Å². The lowest BCUT2D eigenvalue weighted by atomic mass is 9.93. The van der Waals surface area contributed by atoms with Crippen molar-refractivity contribution in [3.63, 3.8) is 0 Å². The number of pyridine rings is 1. The number of nitrogens with one attached hydrogen (secondary N) is 1.